The molecule has 2 atom stereocenters. The molecule has 2 heterocycles. The Balaban J connectivity index is 1.52. The monoisotopic (exact) mass is 327 g/mol. The molecule has 2 aliphatic heterocycles. The van der Waals surface area contributed by atoms with E-state index in [1.54, 1.807) is 7.11 Å². The Hall–Kier alpha value is -2.01. The predicted octanol–water partition coefficient (Wildman–Crippen LogP) is 2.53. The highest BCUT2D eigenvalue weighted by atomic mass is 16.5. The van der Waals surface area contributed by atoms with E-state index in [0.717, 1.165) is 30.1 Å². The lowest BCUT2D eigenvalue weighted by Crippen LogP contribution is -2.57. The second-order valence-electron chi connectivity index (χ2n) is 6.71. The first kappa shape index (κ1) is 15.5. The van der Waals surface area contributed by atoms with E-state index in [-0.39, 0.29) is 0 Å². The summed E-state index contributed by atoms with van der Waals surface area (Å²) in [5.74, 6) is 1.51. The van der Waals surface area contributed by atoms with Gasteiger partial charge < -0.3 is 19.7 Å². The van der Waals surface area contributed by atoms with Crippen molar-refractivity contribution in [2.24, 2.45) is 4.99 Å². The van der Waals surface area contributed by atoms with Gasteiger partial charge in [-0.15, -0.1) is 0 Å². The smallest absolute Gasteiger partial charge is 0.221 e. The van der Waals surface area contributed by atoms with E-state index in [4.69, 9.17) is 14.5 Å². The fourth-order valence-corrected chi connectivity index (χ4v) is 3.95. The molecule has 1 N–H and O–H groups in total. The molecule has 0 bridgehead atoms. The molecule has 24 heavy (non-hydrogen) atoms. The summed E-state index contributed by atoms with van der Waals surface area (Å²) in [6.07, 6.45) is 7.46. The highest BCUT2D eigenvalue weighted by Gasteiger charge is 2.32. The molecule has 3 aliphatic rings. The van der Waals surface area contributed by atoms with Crippen molar-refractivity contribution in [3.8, 4) is 5.75 Å². The van der Waals surface area contributed by atoms with Crippen LogP contribution in [0.25, 0.3) is 0 Å². The summed E-state index contributed by atoms with van der Waals surface area (Å²) in [6, 6.07) is 9.10. The predicted molar refractivity (Wildman–Crippen MR) is 94.3 cm³/mol. The molecule has 1 aromatic rings. The molecule has 2 unspecified atom stereocenters. The van der Waals surface area contributed by atoms with E-state index in [1.807, 2.05) is 24.3 Å². The molecule has 0 aromatic heterocycles. The van der Waals surface area contributed by atoms with Gasteiger partial charge in [0, 0.05) is 36.9 Å². The van der Waals surface area contributed by atoms with E-state index in [9.17, 15) is 0 Å². The molecule has 2 fully saturated rings. The van der Waals surface area contributed by atoms with Crippen LogP contribution in [0.15, 0.2) is 41.2 Å². The Kier molecular flexibility index (Phi) is 4.43. The van der Waals surface area contributed by atoms with E-state index < -0.39 is 0 Å². The number of hydrogen-bond donors (Lipinski definition) is 1. The third-order valence-electron chi connectivity index (χ3n) is 5.17. The number of nitrogens with one attached hydrogen (secondary N) is 1. The molecular weight excluding hydrogens is 302 g/mol. The summed E-state index contributed by atoms with van der Waals surface area (Å²) < 4.78 is 11.1. The van der Waals surface area contributed by atoms with Gasteiger partial charge in [-0.3, -0.25) is 0 Å². The molecule has 1 aromatic carbocycles. The van der Waals surface area contributed by atoms with Crippen molar-refractivity contribution in [3.63, 3.8) is 0 Å². The minimum Gasteiger partial charge on any atom is -0.497 e. The number of nitrogens with zero attached hydrogens (tertiary/aromatic N) is 2. The molecule has 1 saturated carbocycles. The molecule has 5 nitrogen and oxygen atoms in total. The third-order valence-corrected chi connectivity index (χ3v) is 5.17. The van der Waals surface area contributed by atoms with Crippen LogP contribution in [0.2, 0.25) is 0 Å². The van der Waals surface area contributed by atoms with Crippen molar-refractivity contribution >= 4 is 5.90 Å². The second kappa shape index (κ2) is 6.85. The number of methoxy groups -OCH3 is 1. The lowest BCUT2D eigenvalue weighted by atomic mass is 9.88. The SMILES string of the molecule is COc1cccc(C2=NC(=CN3CCNC4CCCCC43)CO2)c1. The molecule has 1 aliphatic carbocycles. The number of fused-ring (bicyclic) bond motifs is 1. The summed E-state index contributed by atoms with van der Waals surface area (Å²) in [5.41, 5.74) is 1.98. The van der Waals surface area contributed by atoms with Gasteiger partial charge >= 0.3 is 0 Å². The van der Waals surface area contributed by atoms with Crippen LogP contribution >= 0.6 is 0 Å². The maximum absolute atomic E-state index is 5.81. The third kappa shape index (κ3) is 3.13. The maximum atomic E-state index is 5.81. The van der Waals surface area contributed by atoms with Crippen molar-refractivity contribution in [2.45, 2.75) is 37.8 Å². The topological polar surface area (TPSA) is 46.1 Å². The van der Waals surface area contributed by atoms with Crippen molar-refractivity contribution < 1.29 is 9.47 Å². The summed E-state index contributed by atoms with van der Waals surface area (Å²) in [6.45, 7) is 2.65. The Morgan fingerprint density at radius 3 is 3.17 bits per heavy atom. The van der Waals surface area contributed by atoms with Gasteiger partial charge in [-0.25, -0.2) is 4.99 Å². The molecule has 5 heteroatoms. The average Bonchev–Trinajstić information content (AvgIpc) is 3.11. The Bertz CT molecular complexity index is 654. The van der Waals surface area contributed by atoms with E-state index in [2.05, 4.69) is 16.4 Å². The van der Waals surface area contributed by atoms with E-state index in [0.29, 0.717) is 24.6 Å². The fourth-order valence-electron chi connectivity index (χ4n) is 3.95. The maximum Gasteiger partial charge on any atom is 0.221 e. The Morgan fingerprint density at radius 1 is 1.33 bits per heavy atom. The lowest BCUT2D eigenvalue weighted by Gasteiger charge is -2.44. The minimum absolute atomic E-state index is 0.549. The van der Waals surface area contributed by atoms with Gasteiger partial charge in [0.1, 0.15) is 12.4 Å². The van der Waals surface area contributed by atoms with Crippen LogP contribution in [0.5, 0.6) is 5.75 Å². The second-order valence-corrected chi connectivity index (χ2v) is 6.71. The zero-order valence-electron chi connectivity index (χ0n) is 14.2. The van der Waals surface area contributed by atoms with E-state index >= 15 is 0 Å². The van der Waals surface area contributed by atoms with Crippen LogP contribution in [-0.2, 0) is 4.74 Å². The van der Waals surface area contributed by atoms with Gasteiger partial charge in [-0.1, -0.05) is 18.9 Å². The quantitative estimate of drug-likeness (QED) is 0.927. The first-order valence-corrected chi connectivity index (χ1v) is 8.89. The number of ether oxygens (including phenoxy) is 2. The van der Waals surface area contributed by atoms with Gasteiger partial charge in [0.2, 0.25) is 5.90 Å². The van der Waals surface area contributed by atoms with Crippen LogP contribution < -0.4 is 10.1 Å². The Labute approximate surface area is 143 Å². The molecule has 128 valence electrons. The van der Waals surface area contributed by atoms with Crippen molar-refractivity contribution in [1.82, 2.24) is 10.2 Å². The largest absolute Gasteiger partial charge is 0.497 e. The molecule has 4 rings (SSSR count). The molecule has 0 amide bonds. The van der Waals surface area contributed by atoms with Gasteiger partial charge in [-0.05, 0) is 31.0 Å². The first-order valence-electron chi connectivity index (χ1n) is 8.89. The van der Waals surface area contributed by atoms with Gasteiger partial charge in [0.15, 0.2) is 0 Å². The zero-order valence-corrected chi connectivity index (χ0v) is 14.2. The fraction of sp³-hybridized carbons (Fsp3) is 0.526. The summed E-state index contributed by atoms with van der Waals surface area (Å²) in [4.78, 5) is 7.19. The van der Waals surface area contributed by atoms with Crippen LogP contribution in [0, 0.1) is 0 Å². The van der Waals surface area contributed by atoms with Crippen molar-refractivity contribution in [2.75, 3.05) is 26.8 Å². The summed E-state index contributed by atoms with van der Waals surface area (Å²) >= 11 is 0. The number of benzene rings is 1. The number of hydrogen-bond acceptors (Lipinski definition) is 5. The lowest BCUT2D eigenvalue weighted by molar-refractivity contribution is 0.131. The first-order chi connectivity index (χ1) is 11.8. The standard InChI is InChI=1S/C19H25N3O2/c1-23-16-6-4-5-14(11-16)19-21-15(13-24-19)12-22-10-9-20-17-7-2-3-8-18(17)22/h4-6,11-12,17-18,20H,2-3,7-10,13H2,1H3. The van der Waals surface area contributed by atoms with Crippen LogP contribution in [0.4, 0.5) is 0 Å². The van der Waals surface area contributed by atoms with Gasteiger partial charge in [0.25, 0.3) is 0 Å². The number of rotatable bonds is 3. The Morgan fingerprint density at radius 2 is 2.25 bits per heavy atom. The molecule has 0 radical (unpaired) electrons. The van der Waals surface area contributed by atoms with E-state index in [1.165, 1.54) is 25.7 Å². The highest BCUT2D eigenvalue weighted by molar-refractivity contribution is 5.96. The normalized spacial score (nSPS) is 28.3. The number of aliphatic imine (C=N–C) groups is 1. The molecule has 1 saturated heterocycles. The van der Waals surface area contributed by atoms with Gasteiger partial charge in [0.05, 0.1) is 12.8 Å². The summed E-state index contributed by atoms with van der Waals surface area (Å²) in [7, 11) is 1.67. The van der Waals surface area contributed by atoms with Crippen LogP contribution in [-0.4, -0.2) is 49.7 Å². The minimum atomic E-state index is 0.549. The summed E-state index contributed by atoms with van der Waals surface area (Å²) in [5, 5.41) is 3.67. The zero-order chi connectivity index (χ0) is 16.4. The van der Waals surface area contributed by atoms with Crippen LogP contribution in [0.1, 0.15) is 31.2 Å². The van der Waals surface area contributed by atoms with Gasteiger partial charge in [-0.2, -0.15) is 0 Å². The molecule has 0 spiro atoms. The molecular formula is C19H25N3O2. The number of piperazine rings is 1. The van der Waals surface area contributed by atoms with Crippen molar-refractivity contribution in [1.29, 1.82) is 0 Å². The average molecular weight is 327 g/mol. The van der Waals surface area contributed by atoms with Crippen molar-refractivity contribution in [3.05, 3.63) is 41.7 Å². The highest BCUT2D eigenvalue weighted by Crippen LogP contribution is 2.27. The van der Waals surface area contributed by atoms with Crippen LogP contribution in [0.3, 0.4) is 0 Å².